The van der Waals surface area contributed by atoms with Crippen LogP contribution in [0.3, 0.4) is 0 Å². The minimum atomic E-state index is -0.453. The van der Waals surface area contributed by atoms with Crippen molar-refractivity contribution in [2.45, 2.75) is 13.0 Å². The van der Waals surface area contributed by atoms with E-state index in [-0.39, 0.29) is 44.1 Å². The van der Waals surface area contributed by atoms with Crippen LogP contribution in [0.1, 0.15) is 12.0 Å². The van der Waals surface area contributed by atoms with Gasteiger partial charge in [0.05, 0.1) is 16.6 Å². The van der Waals surface area contributed by atoms with Crippen LogP contribution in [0.4, 0.5) is 11.4 Å². The molecule has 9 nitrogen and oxygen atoms in total. The Morgan fingerprint density at radius 3 is 2.62 bits per heavy atom. The molecule has 0 unspecified atom stereocenters. The highest BCUT2D eigenvalue weighted by atomic mass is 35.5. The number of carbonyl (C=O) groups excluding carboxylic acids is 3. The molecular formula is C27H24ClN3O6. The standard InChI is InChI=1S/C27H24ClN3O6/c28-21-3-1-2-4-22(21)30-25(32)15-35-20-8-6-19(7-9-20)31-14-18(12-26(31)33)27(34)29-13-17-5-10-23-24(11-17)37-16-36-23/h1-11,18H,12-16H2,(H,29,34)(H,30,32)/t18-/m0/s1. The van der Waals surface area contributed by atoms with E-state index >= 15 is 0 Å². The van der Waals surface area contributed by atoms with Crippen LogP contribution in [0.15, 0.2) is 66.7 Å². The zero-order chi connectivity index (χ0) is 25.8. The Bertz CT molecular complexity index is 1330. The van der Waals surface area contributed by atoms with Crippen molar-refractivity contribution in [1.82, 2.24) is 5.32 Å². The second-order valence-corrected chi connectivity index (χ2v) is 9.03. The highest BCUT2D eigenvalue weighted by molar-refractivity contribution is 6.33. The zero-order valence-corrected chi connectivity index (χ0v) is 20.5. The molecule has 0 spiro atoms. The van der Waals surface area contributed by atoms with Crippen molar-refractivity contribution in [2.75, 3.05) is 30.2 Å². The Kier molecular flexibility index (Phi) is 7.14. The number of hydrogen-bond acceptors (Lipinski definition) is 6. The van der Waals surface area contributed by atoms with Crippen LogP contribution in [0, 0.1) is 5.92 Å². The summed E-state index contributed by atoms with van der Waals surface area (Å²) in [6.07, 6.45) is 0.132. The Morgan fingerprint density at radius 1 is 1.03 bits per heavy atom. The molecule has 0 aromatic heterocycles. The van der Waals surface area contributed by atoms with Gasteiger partial charge in [0.1, 0.15) is 5.75 Å². The maximum Gasteiger partial charge on any atom is 0.262 e. The van der Waals surface area contributed by atoms with E-state index in [2.05, 4.69) is 10.6 Å². The predicted molar refractivity (Wildman–Crippen MR) is 137 cm³/mol. The van der Waals surface area contributed by atoms with Crippen LogP contribution in [0.2, 0.25) is 5.02 Å². The minimum absolute atomic E-state index is 0.129. The zero-order valence-electron chi connectivity index (χ0n) is 19.7. The van der Waals surface area contributed by atoms with E-state index in [1.165, 1.54) is 0 Å². The highest BCUT2D eigenvalue weighted by Crippen LogP contribution is 2.32. The topological polar surface area (TPSA) is 106 Å². The number of rotatable bonds is 8. The van der Waals surface area contributed by atoms with E-state index < -0.39 is 5.92 Å². The third-order valence-electron chi connectivity index (χ3n) is 6.07. The van der Waals surface area contributed by atoms with Crippen LogP contribution in [0.5, 0.6) is 17.2 Å². The molecule has 2 aliphatic rings. The van der Waals surface area contributed by atoms with Gasteiger partial charge in [-0.05, 0) is 54.1 Å². The van der Waals surface area contributed by atoms with Crippen LogP contribution in [0.25, 0.3) is 0 Å². The van der Waals surface area contributed by atoms with E-state index in [1.807, 2.05) is 18.2 Å². The Labute approximate surface area is 218 Å². The lowest BCUT2D eigenvalue weighted by Gasteiger charge is -2.17. The molecule has 0 radical (unpaired) electrons. The van der Waals surface area contributed by atoms with Gasteiger partial charge in [0.25, 0.3) is 5.91 Å². The summed E-state index contributed by atoms with van der Waals surface area (Å²) in [4.78, 5) is 39.1. The number of ether oxygens (including phenoxy) is 3. The monoisotopic (exact) mass is 521 g/mol. The first-order valence-corrected chi connectivity index (χ1v) is 12.1. The third kappa shape index (κ3) is 5.78. The maximum absolute atomic E-state index is 12.7. The number of para-hydroxylation sites is 1. The van der Waals surface area contributed by atoms with Gasteiger partial charge in [0, 0.05) is 25.2 Å². The van der Waals surface area contributed by atoms with Crippen LogP contribution >= 0.6 is 11.6 Å². The van der Waals surface area contributed by atoms with Crippen molar-refractivity contribution in [3.63, 3.8) is 0 Å². The lowest BCUT2D eigenvalue weighted by atomic mass is 10.1. The van der Waals surface area contributed by atoms with Gasteiger partial charge in [-0.3, -0.25) is 14.4 Å². The number of amides is 3. The first kappa shape index (κ1) is 24.5. The van der Waals surface area contributed by atoms with Crippen molar-refractivity contribution in [3.8, 4) is 17.2 Å². The molecule has 0 saturated carbocycles. The first-order chi connectivity index (χ1) is 18.0. The van der Waals surface area contributed by atoms with Crippen LogP contribution in [-0.2, 0) is 20.9 Å². The van der Waals surface area contributed by atoms with Gasteiger partial charge in [0.15, 0.2) is 18.1 Å². The van der Waals surface area contributed by atoms with Gasteiger partial charge < -0.3 is 29.7 Å². The fraction of sp³-hybridized carbons (Fsp3) is 0.222. The normalized spacial score (nSPS) is 16.0. The maximum atomic E-state index is 12.7. The molecule has 3 amide bonds. The third-order valence-corrected chi connectivity index (χ3v) is 6.40. The summed E-state index contributed by atoms with van der Waals surface area (Å²) >= 11 is 6.05. The number of hydrogen-bond donors (Lipinski definition) is 2. The minimum Gasteiger partial charge on any atom is -0.484 e. The van der Waals surface area contributed by atoms with Gasteiger partial charge >= 0.3 is 0 Å². The fourth-order valence-corrected chi connectivity index (χ4v) is 4.32. The number of benzene rings is 3. The van der Waals surface area contributed by atoms with E-state index in [1.54, 1.807) is 53.4 Å². The Morgan fingerprint density at radius 2 is 1.81 bits per heavy atom. The van der Waals surface area contributed by atoms with Crippen LogP contribution < -0.4 is 29.7 Å². The molecule has 0 aliphatic carbocycles. The molecule has 1 saturated heterocycles. The van der Waals surface area contributed by atoms with Gasteiger partial charge in [0.2, 0.25) is 18.6 Å². The number of fused-ring (bicyclic) bond motifs is 1. The van der Waals surface area contributed by atoms with Gasteiger partial charge in [-0.1, -0.05) is 29.8 Å². The van der Waals surface area contributed by atoms with E-state index in [0.29, 0.717) is 40.2 Å². The van der Waals surface area contributed by atoms with E-state index in [9.17, 15) is 14.4 Å². The lowest BCUT2D eigenvalue weighted by molar-refractivity contribution is -0.126. The number of halogens is 1. The lowest BCUT2D eigenvalue weighted by Crippen LogP contribution is -2.32. The average molecular weight is 522 g/mol. The summed E-state index contributed by atoms with van der Waals surface area (Å²) in [7, 11) is 0. The van der Waals surface area contributed by atoms with Crippen molar-refractivity contribution >= 4 is 40.7 Å². The molecule has 2 N–H and O–H groups in total. The second kappa shape index (κ2) is 10.8. The Hall–Kier alpha value is -4.24. The molecule has 5 rings (SSSR count). The van der Waals surface area contributed by atoms with Crippen molar-refractivity contribution in [1.29, 1.82) is 0 Å². The molecule has 2 aliphatic heterocycles. The molecule has 10 heteroatoms. The molecule has 190 valence electrons. The van der Waals surface area contributed by atoms with Crippen molar-refractivity contribution in [2.24, 2.45) is 5.92 Å². The van der Waals surface area contributed by atoms with Gasteiger partial charge in [-0.25, -0.2) is 0 Å². The van der Waals surface area contributed by atoms with E-state index in [0.717, 1.165) is 5.56 Å². The van der Waals surface area contributed by atoms with Gasteiger partial charge in [-0.2, -0.15) is 0 Å². The first-order valence-electron chi connectivity index (χ1n) is 11.7. The molecule has 2 heterocycles. The van der Waals surface area contributed by atoms with E-state index in [4.69, 9.17) is 25.8 Å². The summed E-state index contributed by atoms with van der Waals surface area (Å²) in [5.74, 6) is 0.704. The molecule has 3 aromatic rings. The van der Waals surface area contributed by atoms with Gasteiger partial charge in [-0.15, -0.1) is 0 Å². The Balaban J connectivity index is 1.11. The smallest absolute Gasteiger partial charge is 0.262 e. The quantitative estimate of drug-likeness (QED) is 0.467. The summed E-state index contributed by atoms with van der Waals surface area (Å²) in [5, 5.41) is 6.03. The molecule has 1 atom stereocenters. The predicted octanol–water partition coefficient (Wildman–Crippen LogP) is 3.76. The summed E-state index contributed by atoms with van der Waals surface area (Å²) < 4.78 is 16.2. The molecule has 0 bridgehead atoms. The highest BCUT2D eigenvalue weighted by Gasteiger charge is 2.35. The number of nitrogens with one attached hydrogen (secondary N) is 2. The van der Waals surface area contributed by atoms with Crippen molar-refractivity contribution < 1.29 is 28.6 Å². The summed E-state index contributed by atoms with van der Waals surface area (Å²) in [6.45, 7) is 0.610. The van der Waals surface area contributed by atoms with Crippen LogP contribution in [-0.4, -0.2) is 37.7 Å². The molecule has 1 fully saturated rings. The SMILES string of the molecule is O=C(COc1ccc(N2C[C@@H](C(=O)NCc3ccc4c(c3)OCO4)CC2=O)cc1)Nc1ccccc1Cl. The fourth-order valence-electron chi connectivity index (χ4n) is 4.14. The average Bonchev–Trinajstić information content (AvgIpc) is 3.54. The van der Waals surface area contributed by atoms with Crippen molar-refractivity contribution in [3.05, 3.63) is 77.3 Å². The largest absolute Gasteiger partial charge is 0.484 e. The number of carbonyl (C=O) groups is 3. The summed E-state index contributed by atoms with van der Waals surface area (Å²) in [6, 6.07) is 19.3. The molecule has 37 heavy (non-hydrogen) atoms. The number of anilines is 2. The number of nitrogens with zero attached hydrogens (tertiary/aromatic N) is 1. The molecular weight excluding hydrogens is 498 g/mol. The summed E-state index contributed by atoms with van der Waals surface area (Å²) in [5.41, 5.74) is 2.05. The molecule has 3 aromatic carbocycles. The second-order valence-electron chi connectivity index (χ2n) is 8.62.